The zero-order valence-corrected chi connectivity index (χ0v) is 15.7. The summed E-state index contributed by atoms with van der Waals surface area (Å²) < 4.78 is 27.4. The predicted octanol–water partition coefficient (Wildman–Crippen LogP) is 3.71. The topological polar surface area (TPSA) is 40.6 Å². The molecular formula is C20H26N2O2S. The first kappa shape index (κ1) is 18.0. The summed E-state index contributed by atoms with van der Waals surface area (Å²) in [6, 6.07) is 17.5. The standard InChI is InChI=1S/C20H26N2O2S/c1-3-17(2)18-9-11-20(12-10-18)25(23,24)22-15-13-21(14-16-22)19-7-5-4-6-8-19/h4-12,17H,3,13-16H2,1-2H3/t17-/m1/s1. The van der Waals surface area contributed by atoms with Gasteiger partial charge in [-0.1, -0.05) is 44.2 Å². The van der Waals surface area contributed by atoms with Crippen molar-refractivity contribution in [1.29, 1.82) is 0 Å². The molecule has 0 saturated carbocycles. The van der Waals surface area contributed by atoms with Gasteiger partial charge in [0.05, 0.1) is 4.90 Å². The van der Waals surface area contributed by atoms with Crippen molar-refractivity contribution in [1.82, 2.24) is 4.31 Å². The van der Waals surface area contributed by atoms with E-state index in [1.807, 2.05) is 30.3 Å². The Hall–Kier alpha value is -1.85. The molecule has 1 atom stereocenters. The lowest BCUT2D eigenvalue weighted by Crippen LogP contribution is -2.48. The Balaban J connectivity index is 1.69. The maximum atomic E-state index is 12.9. The van der Waals surface area contributed by atoms with E-state index in [1.165, 1.54) is 5.56 Å². The van der Waals surface area contributed by atoms with E-state index < -0.39 is 10.0 Å². The Bertz CT molecular complexity index is 780. The fourth-order valence-electron chi connectivity index (χ4n) is 3.18. The van der Waals surface area contributed by atoms with Crippen molar-refractivity contribution >= 4 is 15.7 Å². The molecule has 1 fully saturated rings. The highest BCUT2D eigenvalue weighted by molar-refractivity contribution is 7.89. The molecule has 2 aromatic carbocycles. The minimum atomic E-state index is -3.41. The number of nitrogens with zero attached hydrogens (tertiary/aromatic N) is 2. The molecule has 0 aliphatic carbocycles. The van der Waals surface area contributed by atoms with Crippen LogP contribution in [0.3, 0.4) is 0 Å². The molecule has 0 spiro atoms. The van der Waals surface area contributed by atoms with Crippen LogP contribution in [0.25, 0.3) is 0 Å². The third-order valence-corrected chi connectivity index (χ3v) is 6.97. The molecule has 25 heavy (non-hydrogen) atoms. The Kier molecular flexibility index (Phi) is 5.45. The zero-order chi connectivity index (χ0) is 17.9. The first-order chi connectivity index (χ1) is 12.0. The fraction of sp³-hybridized carbons (Fsp3) is 0.400. The molecule has 2 aromatic rings. The molecule has 0 aromatic heterocycles. The highest BCUT2D eigenvalue weighted by Gasteiger charge is 2.28. The van der Waals surface area contributed by atoms with E-state index in [-0.39, 0.29) is 0 Å². The monoisotopic (exact) mass is 358 g/mol. The van der Waals surface area contributed by atoms with Gasteiger partial charge in [-0.3, -0.25) is 0 Å². The van der Waals surface area contributed by atoms with Crippen molar-refractivity contribution in [3.8, 4) is 0 Å². The number of piperazine rings is 1. The number of hydrogen-bond donors (Lipinski definition) is 0. The van der Waals surface area contributed by atoms with Crippen molar-refractivity contribution in [2.45, 2.75) is 31.1 Å². The van der Waals surface area contributed by atoms with Gasteiger partial charge in [0.15, 0.2) is 0 Å². The number of benzene rings is 2. The molecule has 4 nitrogen and oxygen atoms in total. The second kappa shape index (κ2) is 7.58. The molecule has 1 heterocycles. The molecule has 1 aliphatic heterocycles. The first-order valence-corrected chi connectivity index (χ1v) is 10.4. The zero-order valence-electron chi connectivity index (χ0n) is 14.9. The van der Waals surface area contributed by atoms with Gasteiger partial charge in [-0.05, 0) is 42.2 Å². The molecule has 5 heteroatoms. The van der Waals surface area contributed by atoms with E-state index >= 15 is 0 Å². The maximum absolute atomic E-state index is 12.9. The van der Waals surface area contributed by atoms with Gasteiger partial charge in [0.2, 0.25) is 10.0 Å². The van der Waals surface area contributed by atoms with Crippen LogP contribution < -0.4 is 4.90 Å². The van der Waals surface area contributed by atoms with Gasteiger partial charge < -0.3 is 4.90 Å². The molecule has 0 bridgehead atoms. The molecule has 1 saturated heterocycles. The third-order valence-electron chi connectivity index (χ3n) is 5.06. The number of hydrogen-bond acceptors (Lipinski definition) is 3. The van der Waals surface area contributed by atoms with Gasteiger partial charge in [0.25, 0.3) is 0 Å². The van der Waals surface area contributed by atoms with Crippen LogP contribution in [0.1, 0.15) is 31.7 Å². The quantitative estimate of drug-likeness (QED) is 0.818. The van der Waals surface area contributed by atoms with Crippen LogP contribution >= 0.6 is 0 Å². The highest BCUT2D eigenvalue weighted by atomic mass is 32.2. The molecule has 0 radical (unpaired) electrons. The Morgan fingerprint density at radius 1 is 0.920 bits per heavy atom. The average molecular weight is 359 g/mol. The molecule has 0 unspecified atom stereocenters. The number of sulfonamides is 1. The van der Waals surface area contributed by atoms with Gasteiger partial charge in [-0.2, -0.15) is 4.31 Å². The van der Waals surface area contributed by atoms with Gasteiger partial charge in [-0.15, -0.1) is 0 Å². The van der Waals surface area contributed by atoms with Crippen LogP contribution in [-0.4, -0.2) is 38.9 Å². The van der Waals surface area contributed by atoms with Gasteiger partial charge in [0.1, 0.15) is 0 Å². The average Bonchev–Trinajstić information content (AvgIpc) is 2.68. The summed E-state index contributed by atoms with van der Waals surface area (Å²) in [7, 11) is -3.41. The Labute approximate surface area is 151 Å². The van der Waals surface area contributed by atoms with Gasteiger partial charge in [0, 0.05) is 31.9 Å². The lowest BCUT2D eigenvalue weighted by molar-refractivity contribution is 0.385. The second-order valence-electron chi connectivity index (χ2n) is 6.61. The normalized spacial score (nSPS) is 17.4. The first-order valence-electron chi connectivity index (χ1n) is 8.92. The number of anilines is 1. The van der Waals surface area contributed by atoms with Crippen LogP contribution in [0.4, 0.5) is 5.69 Å². The summed E-state index contributed by atoms with van der Waals surface area (Å²) in [6.45, 7) is 6.77. The maximum Gasteiger partial charge on any atom is 0.243 e. The lowest BCUT2D eigenvalue weighted by Gasteiger charge is -2.35. The van der Waals surface area contributed by atoms with E-state index in [2.05, 4.69) is 30.9 Å². The number of rotatable bonds is 5. The summed E-state index contributed by atoms with van der Waals surface area (Å²) >= 11 is 0. The largest absolute Gasteiger partial charge is 0.369 e. The molecule has 1 aliphatic rings. The lowest BCUT2D eigenvalue weighted by atomic mass is 9.99. The molecule has 0 N–H and O–H groups in total. The highest BCUT2D eigenvalue weighted by Crippen LogP contribution is 2.24. The Morgan fingerprint density at radius 2 is 1.52 bits per heavy atom. The Morgan fingerprint density at radius 3 is 2.08 bits per heavy atom. The van der Waals surface area contributed by atoms with Crippen LogP contribution in [0.2, 0.25) is 0 Å². The van der Waals surface area contributed by atoms with E-state index in [0.29, 0.717) is 37.0 Å². The van der Waals surface area contributed by atoms with Crippen molar-refractivity contribution in [3.05, 3.63) is 60.2 Å². The van der Waals surface area contributed by atoms with Gasteiger partial charge in [-0.25, -0.2) is 8.42 Å². The summed E-state index contributed by atoms with van der Waals surface area (Å²) in [4.78, 5) is 2.63. The molecule has 3 rings (SSSR count). The number of para-hydroxylation sites is 1. The molecular weight excluding hydrogens is 332 g/mol. The molecule has 134 valence electrons. The summed E-state index contributed by atoms with van der Waals surface area (Å²) in [5.41, 5.74) is 2.34. The third kappa shape index (κ3) is 3.88. The summed E-state index contributed by atoms with van der Waals surface area (Å²) in [5, 5.41) is 0. The van der Waals surface area contributed by atoms with E-state index in [1.54, 1.807) is 16.4 Å². The summed E-state index contributed by atoms with van der Waals surface area (Å²) in [6.07, 6.45) is 1.05. The fourth-order valence-corrected chi connectivity index (χ4v) is 4.60. The van der Waals surface area contributed by atoms with Crippen molar-refractivity contribution in [2.24, 2.45) is 0 Å². The van der Waals surface area contributed by atoms with Crippen LogP contribution in [-0.2, 0) is 10.0 Å². The van der Waals surface area contributed by atoms with Crippen LogP contribution in [0, 0.1) is 0 Å². The van der Waals surface area contributed by atoms with E-state index in [9.17, 15) is 8.42 Å². The minimum absolute atomic E-state index is 0.396. The SMILES string of the molecule is CC[C@@H](C)c1ccc(S(=O)(=O)N2CCN(c3ccccc3)CC2)cc1. The van der Waals surface area contributed by atoms with E-state index in [0.717, 1.165) is 12.1 Å². The van der Waals surface area contributed by atoms with Crippen LogP contribution in [0.15, 0.2) is 59.5 Å². The van der Waals surface area contributed by atoms with Crippen molar-refractivity contribution in [3.63, 3.8) is 0 Å². The summed E-state index contributed by atoms with van der Waals surface area (Å²) in [5.74, 6) is 0.450. The van der Waals surface area contributed by atoms with Gasteiger partial charge >= 0.3 is 0 Å². The van der Waals surface area contributed by atoms with Crippen molar-refractivity contribution < 1.29 is 8.42 Å². The predicted molar refractivity (Wildman–Crippen MR) is 103 cm³/mol. The minimum Gasteiger partial charge on any atom is -0.369 e. The smallest absolute Gasteiger partial charge is 0.243 e. The second-order valence-corrected chi connectivity index (χ2v) is 8.54. The molecule has 0 amide bonds. The van der Waals surface area contributed by atoms with Crippen LogP contribution in [0.5, 0.6) is 0 Å². The van der Waals surface area contributed by atoms with E-state index in [4.69, 9.17) is 0 Å². The van der Waals surface area contributed by atoms with Crippen molar-refractivity contribution in [2.75, 3.05) is 31.1 Å².